The molecule has 0 aliphatic carbocycles. The molecular weight excluding hydrogens is 781 g/mol. The van der Waals surface area contributed by atoms with Crippen LogP contribution in [0.15, 0.2) is 0 Å². The molecule has 0 aromatic rings. The molecule has 0 saturated heterocycles. The van der Waals surface area contributed by atoms with Gasteiger partial charge in [-0.05, 0) is 19.3 Å². The first-order valence-corrected chi connectivity index (χ1v) is 28.5. The molecule has 0 heterocycles. The molecule has 1 unspecified atom stereocenters. The lowest BCUT2D eigenvalue weighted by Crippen LogP contribution is -2.30. The normalized spacial score (nSPS) is 11.9. The van der Waals surface area contributed by atoms with Crippen molar-refractivity contribution in [2.75, 3.05) is 13.2 Å². The van der Waals surface area contributed by atoms with E-state index in [0.717, 1.165) is 57.8 Å². The van der Waals surface area contributed by atoms with Crippen LogP contribution in [0.3, 0.4) is 0 Å². The van der Waals surface area contributed by atoms with Crippen molar-refractivity contribution in [1.82, 2.24) is 0 Å². The van der Waals surface area contributed by atoms with E-state index < -0.39 is 6.10 Å². The van der Waals surface area contributed by atoms with Crippen LogP contribution >= 0.6 is 0 Å². The average Bonchev–Trinajstić information content (AvgIpc) is 3.28. The van der Waals surface area contributed by atoms with Gasteiger partial charge in [-0.25, -0.2) is 0 Å². The van der Waals surface area contributed by atoms with Gasteiger partial charge in [-0.2, -0.15) is 0 Å². The molecular formula is C57H110O6. The number of carbonyl (C=O) groups excluding carboxylic acids is 3. The Morgan fingerprint density at radius 2 is 0.429 bits per heavy atom. The summed E-state index contributed by atoms with van der Waals surface area (Å²) in [5, 5.41) is 0. The van der Waals surface area contributed by atoms with Crippen LogP contribution in [0.2, 0.25) is 0 Å². The Morgan fingerprint density at radius 3 is 0.635 bits per heavy atom. The van der Waals surface area contributed by atoms with Gasteiger partial charge in [0, 0.05) is 19.3 Å². The third-order valence-electron chi connectivity index (χ3n) is 13.1. The third kappa shape index (κ3) is 51.3. The van der Waals surface area contributed by atoms with Crippen molar-refractivity contribution in [3.63, 3.8) is 0 Å². The fraction of sp³-hybridized carbons (Fsp3) is 0.947. The van der Waals surface area contributed by atoms with E-state index in [-0.39, 0.29) is 31.1 Å². The van der Waals surface area contributed by atoms with Gasteiger partial charge in [0.2, 0.25) is 0 Å². The number of hydrogen-bond acceptors (Lipinski definition) is 6. The van der Waals surface area contributed by atoms with E-state index in [1.807, 2.05) is 0 Å². The predicted molar refractivity (Wildman–Crippen MR) is 270 cm³/mol. The first-order valence-electron chi connectivity index (χ1n) is 28.5. The lowest BCUT2D eigenvalue weighted by Gasteiger charge is -2.18. The Kier molecular flexibility index (Phi) is 51.7. The molecule has 0 amide bonds. The molecule has 0 aromatic carbocycles. The van der Waals surface area contributed by atoms with Crippen LogP contribution in [0.5, 0.6) is 0 Å². The summed E-state index contributed by atoms with van der Waals surface area (Å²) in [5.41, 5.74) is 0. The number of ether oxygens (including phenoxy) is 3. The highest BCUT2D eigenvalue weighted by Crippen LogP contribution is 2.18. The lowest BCUT2D eigenvalue weighted by atomic mass is 10.0. The van der Waals surface area contributed by atoms with E-state index in [2.05, 4.69) is 20.8 Å². The van der Waals surface area contributed by atoms with E-state index in [4.69, 9.17) is 14.2 Å². The Hall–Kier alpha value is -1.59. The molecule has 0 rings (SSSR count). The SMILES string of the molecule is CCCCCCCCCCCCCCCCCCCCCC(=O)OCC(COC(=O)CCCCCCCCCCC)OC(=O)CCCCCCCCCCCCCCCCCCC. The second-order valence-electron chi connectivity index (χ2n) is 19.6. The average molecular weight is 892 g/mol. The fourth-order valence-corrected chi connectivity index (χ4v) is 8.80. The minimum atomic E-state index is -0.760. The Bertz CT molecular complexity index is 936. The summed E-state index contributed by atoms with van der Waals surface area (Å²) in [6.07, 6.45) is 58.1. The van der Waals surface area contributed by atoms with Gasteiger partial charge in [0.15, 0.2) is 6.10 Å². The zero-order chi connectivity index (χ0) is 45.8. The van der Waals surface area contributed by atoms with Crippen molar-refractivity contribution in [3.8, 4) is 0 Å². The van der Waals surface area contributed by atoms with Gasteiger partial charge in [-0.3, -0.25) is 14.4 Å². The molecule has 0 N–H and O–H groups in total. The van der Waals surface area contributed by atoms with Crippen LogP contribution in [0.4, 0.5) is 0 Å². The molecule has 0 bridgehead atoms. The molecule has 374 valence electrons. The topological polar surface area (TPSA) is 78.9 Å². The molecule has 0 fully saturated rings. The number of rotatable bonds is 53. The molecule has 0 radical (unpaired) electrons. The van der Waals surface area contributed by atoms with Crippen LogP contribution in [0, 0.1) is 0 Å². The van der Waals surface area contributed by atoms with Gasteiger partial charge < -0.3 is 14.2 Å². The van der Waals surface area contributed by atoms with Crippen molar-refractivity contribution in [2.24, 2.45) is 0 Å². The fourth-order valence-electron chi connectivity index (χ4n) is 8.80. The monoisotopic (exact) mass is 891 g/mol. The van der Waals surface area contributed by atoms with Crippen LogP contribution in [0.1, 0.15) is 329 Å². The van der Waals surface area contributed by atoms with Gasteiger partial charge in [-0.15, -0.1) is 0 Å². The molecule has 0 aliphatic rings. The van der Waals surface area contributed by atoms with E-state index in [9.17, 15) is 14.4 Å². The maximum Gasteiger partial charge on any atom is 0.306 e. The highest BCUT2D eigenvalue weighted by Gasteiger charge is 2.19. The second-order valence-corrected chi connectivity index (χ2v) is 19.6. The first kappa shape index (κ1) is 61.4. The smallest absolute Gasteiger partial charge is 0.306 e. The van der Waals surface area contributed by atoms with Gasteiger partial charge >= 0.3 is 17.9 Å². The quantitative estimate of drug-likeness (QED) is 0.0344. The molecule has 1 atom stereocenters. The summed E-state index contributed by atoms with van der Waals surface area (Å²) >= 11 is 0. The van der Waals surface area contributed by atoms with Crippen LogP contribution < -0.4 is 0 Å². The van der Waals surface area contributed by atoms with E-state index in [1.54, 1.807) is 0 Å². The van der Waals surface area contributed by atoms with Crippen molar-refractivity contribution < 1.29 is 28.6 Å². The van der Waals surface area contributed by atoms with Crippen LogP contribution in [-0.2, 0) is 28.6 Å². The summed E-state index contributed by atoms with van der Waals surface area (Å²) in [7, 11) is 0. The van der Waals surface area contributed by atoms with Gasteiger partial charge in [-0.1, -0.05) is 290 Å². The predicted octanol–water partition coefficient (Wildman–Crippen LogP) is 18.8. The largest absolute Gasteiger partial charge is 0.462 e. The van der Waals surface area contributed by atoms with Crippen LogP contribution in [-0.4, -0.2) is 37.2 Å². The lowest BCUT2D eigenvalue weighted by molar-refractivity contribution is -0.167. The molecule has 0 spiro atoms. The molecule has 6 nitrogen and oxygen atoms in total. The van der Waals surface area contributed by atoms with Crippen molar-refractivity contribution in [2.45, 2.75) is 335 Å². The van der Waals surface area contributed by atoms with Gasteiger partial charge in [0.25, 0.3) is 0 Å². The van der Waals surface area contributed by atoms with Gasteiger partial charge in [0.1, 0.15) is 13.2 Å². The van der Waals surface area contributed by atoms with E-state index in [1.165, 1.54) is 231 Å². The summed E-state index contributed by atoms with van der Waals surface area (Å²) in [5.74, 6) is -0.837. The zero-order valence-corrected chi connectivity index (χ0v) is 42.9. The minimum Gasteiger partial charge on any atom is -0.462 e. The highest BCUT2D eigenvalue weighted by atomic mass is 16.6. The first-order chi connectivity index (χ1) is 31.0. The Balaban J connectivity index is 4.20. The van der Waals surface area contributed by atoms with E-state index in [0.29, 0.717) is 19.3 Å². The van der Waals surface area contributed by atoms with Crippen LogP contribution in [0.25, 0.3) is 0 Å². The summed E-state index contributed by atoms with van der Waals surface area (Å²) < 4.78 is 16.8. The zero-order valence-electron chi connectivity index (χ0n) is 42.9. The Morgan fingerprint density at radius 1 is 0.254 bits per heavy atom. The molecule has 63 heavy (non-hydrogen) atoms. The van der Waals surface area contributed by atoms with Crippen molar-refractivity contribution >= 4 is 17.9 Å². The third-order valence-corrected chi connectivity index (χ3v) is 13.1. The summed E-state index contributed by atoms with van der Waals surface area (Å²) in [4.78, 5) is 38.0. The summed E-state index contributed by atoms with van der Waals surface area (Å²) in [6.45, 7) is 6.69. The maximum absolute atomic E-state index is 12.8. The van der Waals surface area contributed by atoms with Crippen molar-refractivity contribution in [1.29, 1.82) is 0 Å². The molecule has 6 heteroatoms. The number of carbonyl (C=O) groups is 3. The second kappa shape index (κ2) is 53.0. The minimum absolute atomic E-state index is 0.0615. The Labute approximate surface area is 393 Å². The molecule has 0 aliphatic heterocycles. The standard InChI is InChI=1S/C57H110O6/c1-4-7-10-13-16-19-21-23-25-27-28-30-31-33-35-38-41-44-47-50-56(59)62-53-54(52-61-55(58)49-46-43-40-37-18-15-12-9-6-3)63-57(60)51-48-45-42-39-36-34-32-29-26-24-22-20-17-14-11-8-5-2/h54H,4-53H2,1-3H3. The number of unbranched alkanes of at least 4 members (excludes halogenated alkanes) is 42. The van der Waals surface area contributed by atoms with E-state index >= 15 is 0 Å². The molecule has 0 saturated carbocycles. The maximum atomic E-state index is 12.8. The van der Waals surface area contributed by atoms with Gasteiger partial charge in [0.05, 0.1) is 0 Å². The number of hydrogen-bond donors (Lipinski definition) is 0. The molecule has 0 aromatic heterocycles. The summed E-state index contributed by atoms with van der Waals surface area (Å²) in [6, 6.07) is 0. The number of esters is 3. The highest BCUT2D eigenvalue weighted by molar-refractivity contribution is 5.71. The van der Waals surface area contributed by atoms with Crippen molar-refractivity contribution in [3.05, 3.63) is 0 Å².